The fraction of sp³-hybridized carbons (Fsp3) is 0. The molecule has 1 N–H and O–H groups in total. The second-order valence-electron chi connectivity index (χ2n) is 4.09. The van der Waals surface area contributed by atoms with E-state index in [-0.39, 0.29) is 5.91 Å². The van der Waals surface area contributed by atoms with E-state index in [0.29, 0.717) is 20.7 Å². The number of amides is 1. The number of carbonyl (C=O) groups excluding carboxylic acids is 1. The maximum Gasteiger partial charge on any atom is 0.250 e. The number of aromatic nitrogens is 1. The predicted octanol–water partition coefficient (Wildman–Crippen LogP) is 5.32. The topological polar surface area (TPSA) is 42.0 Å². The molecule has 1 aromatic carbocycles. The summed E-state index contributed by atoms with van der Waals surface area (Å²) in [5.41, 5.74) is 0.642. The fourth-order valence-electron chi connectivity index (χ4n) is 1.70. The summed E-state index contributed by atoms with van der Waals surface area (Å²) >= 11 is 14.9. The van der Waals surface area contributed by atoms with Crippen molar-refractivity contribution in [1.82, 2.24) is 4.98 Å². The van der Waals surface area contributed by atoms with E-state index in [1.165, 1.54) is 17.4 Å². The minimum absolute atomic E-state index is 0.232. The Balaban J connectivity index is 1.78. The third kappa shape index (κ3) is 3.44. The number of halogens is 2. The number of hydrogen-bond donors (Lipinski definition) is 1. The SMILES string of the molecule is O=C(/C=C/c1cccs1)Nc1nc2c(Cl)cc(Cl)cc2s1. The lowest BCUT2D eigenvalue weighted by atomic mass is 10.3. The highest BCUT2D eigenvalue weighted by Gasteiger charge is 2.10. The zero-order chi connectivity index (χ0) is 14.8. The van der Waals surface area contributed by atoms with Gasteiger partial charge in [0.15, 0.2) is 5.13 Å². The van der Waals surface area contributed by atoms with Gasteiger partial charge in [0.2, 0.25) is 5.91 Å². The molecule has 0 aliphatic heterocycles. The minimum Gasteiger partial charge on any atom is -0.298 e. The first-order valence-electron chi connectivity index (χ1n) is 5.90. The van der Waals surface area contributed by atoms with E-state index in [1.54, 1.807) is 29.5 Å². The lowest BCUT2D eigenvalue weighted by Crippen LogP contribution is -2.06. The van der Waals surface area contributed by atoms with Crippen molar-refractivity contribution in [3.8, 4) is 0 Å². The van der Waals surface area contributed by atoms with E-state index in [1.807, 2.05) is 17.5 Å². The minimum atomic E-state index is -0.232. The highest BCUT2D eigenvalue weighted by Crippen LogP contribution is 2.33. The largest absolute Gasteiger partial charge is 0.298 e. The molecule has 2 heterocycles. The maximum atomic E-state index is 11.9. The van der Waals surface area contributed by atoms with Gasteiger partial charge < -0.3 is 0 Å². The summed E-state index contributed by atoms with van der Waals surface area (Å²) in [4.78, 5) is 17.2. The number of anilines is 1. The van der Waals surface area contributed by atoms with Crippen LogP contribution in [0.2, 0.25) is 10.0 Å². The first-order valence-corrected chi connectivity index (χ1v) is 8.35. The summed E-state index contributed by atoms with van der Waals surface area (Å²) in [6.45, 7) is 0. The van der Waals surface area contributed by atoms with Crippen molar-refractivity contribution in [3.63, 3.8) is 0 Å². The molecule has 1 amide bonds. The Morgan fingerprint density at radius 2 is 2.19 bits per heavy atom. The standard InChI is InChI=1S/C14H8Cl2N2OS2/c15-8-6-10(16)13-11(7-8)21-14(18-13)17-12(19)4-3-9-2-1-5-20-9/h1-7H,(H,17,18,19)/b4-3+. The molecule has 0 bridgehead atoms. The van der Waals surface area contributed by atoms with E-state index in [2.05, 4.69) is 10.3 Å². The highest BCUT2D eigenvalue weighted by atomic mass is 35.5. The maximum absolute atomic E-state index is 11.9. The molecule has 0 saturated carbocycles. The number of nitrogens with zero attached hydrogens (tertiary/aromatic N) is 1. The zero-order valence-electron chi connectivity index (χ0n) is 10.5. The number of benzene rings is 1. The monoisotopic (exact) mass is 354 g/mol. The van der Waals surface area contributed by atoms with Crippen molar-refractivity contribution in [2.75, 3.05) is 5.32 Å². The molecule has 0 aliphatic rings. The first kappa shape index (κ1) is 14.5. The molecule has 0 fully saturated rings. The first-order chi connectivity index (χ1) is 10.1. The Bertz CT molecular complexity index is 825. The highest BCUT2D eigenvalue weighted by molar-refractivity contribution is 7.22. The molecular weight excluding hydrogens is 347 g/mol. The van der Waals surface area contributed by atoms with Crippen LogP contribution in [0.4, 0.5) is 5.13 Å². The van der Waals surface area contributed by atoms with Crippen LogP contribution >= 0.6 is 45.9 Å². The van der Waals surface area contributed by atoms with Gasteiger partial charge in [-0.1, -0.05) is 40.6 Å². The molecule has 0 spiro atoms. The molecule has 0 saturated heterocycles. The van der Waals surface area contributed by atoms with Gasteiger partial charge in [0.25, 0.3) is 0 Å². The van der Waals surface area contributed by atoms with Crippen LogP contribution in [0.15, 0.2) is 35.7 Å². The molecule has 0 unspecified atom stereocenters. The average molecular weight is 355 g/mol. The van der Waals surface area contributed by atoms with E-state index in [4.69, 9.17) is 23.2 Å². The summed E-state index contributed by atoms with van der Waals surface area (Å²) in [5, 5.41) is 6.20. The number of fused-ring (bicyclic) bond motifs is 1. The zero-order valence-corrected chi connectivity index (χ0v) is 13.6. The van der Waals surface area contributed by atoms with Crippen molar-refractivity contribution < 1.29 is 4.79 Å². The Hall–Kier alpha value is -1.40. The van der Waals surface area contributed by atoms with Gasteiger partial charge >= 0.3 is 0 Å². The molecule has 7 heteroatoms. The van der Waals surface area contributed by atoms with Crippen LogP contribution in [0.1, 0.15) is 4.88 Å². The van der Waals surface area contributed by atoms with Gasteiger partial charge in [0, 0.05) is 16.0 Å². The summed E-state index contributed by atoms with van der Waals surface area (Å²) in [5.74, 6) is -0.232. The number of thiophene rings is 1. The average Bonchev–Trinajstić information content (AvgIpc) is 3.05. The van der Waals surface area contributed by atoms with Gasteiger partial charge in [0.05, 0.1) is 9.72 Å². The molecule has 0 aliphatic carbocycles. The smallest absolute Gasteiger partial charge is 0.250 e. The Morgan fingerprint density at radius 3 is 2.95 bits per heavy atom. The van der Waals surface area contributed by atoms with E-state index >= 15 is 0 Å². The number of rotatable bonds is 3. The summed E-state index contributed by atoms with van der Waals surface area (Å²) in [6.07, 6.45) is 3.24. The molecule has 0 atom stereocenters. The van der Waals surface area contributed by atoms with Crippen LogP contribution in [0.25, 0.3) is 16.3 Å². The molecule has 3 aromatic rings. The summed E-state index contributed by atoms with van der Waals surface area (Å²) < 4.78 is 0.838. The number of nitrogens with one attached hydrogen (secondary N) is 1. The van der Waals surface area contributed by atoms with Crippen molar-refractivity contribution in [2.24, 2.45) is 0 Å². The quantitative estimate of drug-likeness (QED) is 0.647. The number of hydrogen-bond acceptors (Lipinski definition) is 4. The van der Waals surface area contributed by atoms with Crippen LogP contribution < -0.4 is 5.32 Å². The fourth-order valence-corrected chi connectivity index (χ4v) is 3.91. The Morgan fingerprint density at radius 1 is 1.33 bits per heavy atom. The predicted molar refractivity (Wildman–Crippen MR) is 91.6 cm³/mol. The second-order valence-corrected chi connectivity index (χ2v) is 6.94. The molecular formula is C14H8Cl2N2OS2. The normalized spacial score (nSPS) is 11.3. The molecule has 3 nitrogen and oxygen atoms in total. The number of thiazole rings is 1. The second kappa shape index (κ2) is 6.15. The Labute approximate surface area is 138 Å². The lowest BCUT2D eigenvalue weighted by molar-refractivity contribution is -0.111. The molecule has 2 aromatic heterocycles. The van der Waals surface area contributed by atoms with Gasteiger partial charge in [-0.25, -0.2) is 4.98 Å². The van der Waals surface area contributed by atoms with Crippen LogP contribution in [0, 0.1) is 0 Å². The van der Waals surface area contributed by atoms with Crippen LogP contribution in [-0.2, 0) is 4.79 Å². The molecule has 106 valence electrons. The lowest BCUT2D eigenvalue weighted by Gasteiger charge is -1.94. The van der Waals surface area contributed by atoms with Crippen LogP contribution in [0.3, 0.4) is 0 Å². The van der Waals surface area contributed by atoms with Gasteiger partial charge in [-0.3, -0.25) is 10.1 Å². The van der Waals surface area contributed by atoms with E-state index < -0.39 is 0 Å². The third-order valence-electron chi connectivity index (χ3n) is 2.59. The summed E-state index contributed by atoms with van der Waals surface area (Å²) in [7, 11) is 0. The van der Waals surface area contributed by atoms with Crippen LogP contribution in [-0.4, -0.2) is 10.9 Å². The van der Waals surface area contributed by atoms with Crippen molar-refractivity contribution in [2.45, 2.75) is 0 Å². The van der Waals surface area contributed by atoms with Crippen molar-refractivity contribution >= 4 is 73.2 Å². The van der Waals surface area contributed by atoms with E-state index in [0.717, 1.165) is 9.58 Å². The van der Waals surface area contributed by atoms with Gasteiger partial charge in [-0.15, -0.1) is 11.3 Å². The van der Waals surface area contributed by atoms with Crippen molar-refractivity contribution in [1.29, 1.82) is 0 Å². The molecule has 0 radical (unpaired) electrons. The Kier molecular flexibility index (Phi) is 4.26. The van der Waals surface area contributed by atoms with E-state index in [9.17, 15) is 4.79 Å². The third-order valence-corrected chi connectivity index (χ3v) is 4.85. The molecule has 3 rings (SSSR count). The number of carbonyl (C=O) groups is 1. The van der Waals surface area contributed by atoms with Crippen molar-refractivity contribution in [3.05, 3.63) is 50.6 Å². The van der Waals surface area contributed by atoms with Gasteiger partial charge in [0.1, 0.15) is 5.52 Å². The molecule has 21 heavy (non-hydrogen) atoms. The summed E-state index contributed by atoms with van der Waals surface area (Å²) in [6, 6.07) is 7.28. The van der Waals surface area contributed by atoms with Gasteiger partial charge in [-0.05, 0) is 29.7 Å². The van der Waals surface area contributed by atoms with Gasteiger partial charge in [-0.2, -0.15) is 0 Å². The van der Waals surface area contributed by atoms with Crippen LogP contribution in [0.5, 0.6) is 0 Å².